The third-order valence-corrected chi connectivity index (χ3v) is 5.36. The van der Waals surface area contributed by atoms with Gasteiger partial charge >= 0.3 is 5.63 Å². The predicted molar refractivity (Wildman–Crippen MR) is 125 cm³/mol. The Morgan fingerprint density at radius 2 is 1.47 bits per heavy atom. The molecule has 1 N–H and O–H groups in total. The van der Waals surface area contributed by atoms with Gasteiger partial charge in [0.15, 0.2) is 0 Å². The van der Waals surface area contributed by atoms with Gasteiger partial charge in [-0.25, -0.2) is 9.78 Å². The van der Waals surface area contributed by atoms with E-state index in [1.165, 1.54) is 0 Å². The molecule has 0 saturated carbocycles. The highest BCUT2D eigenvalue weighted by Gasteiger charge is 2.19. The lowest BCUT2D eigenvalue weighted by atomic mass is 9.99. The van der Waals surface area contributed by atoms with Crippen LogP contribution in [0.3, 0.4) is 0 Å². The lowest BCUT2D eigenvalue weighted by molar-refractivity contribution is 0.415. The second-order valence-electron chi connectivity index (χ2n) is 7.33. The van der Waals surface area contributed by atoms with E-state index in [2.05, 4.69) is 0 Å². The van der Waals surface area contributed by atoms with E-state index in [0.29, 0.717) is 22.4 Å². The Hall–Kier alpha value is -4.38. The lowest BCUT2D eigenvalue weighted by Crippen LogP contribution is -2.05. The highest BCUT2D eigenvalue weighted by atomic mass is 16.5. The largest absolute Gasteiger partial charge is 0.506 e. The molecule has 0 radical (unpaired) electrons. The van der Waals surface area contributed by atoms with Crippen molar-refractivity contribution in [3.8, 4) is 45.1 Å². The van der Waals surface area contributed by atoms with Gasteiger partial charge in [-0.2, -0.15) is 0 Å². The third kappa shape index (κ3) is 3.50. The van der Waals surface area contributed by atoms with Gasteiger partial charge in [0, 0.05) is 5.56 Å². The molecule has 5 rings (SSSR count). The average molecular weight is 421 g/mol. The summed E-state index contributed by atoms with van der Waals surface area (Å²) in [5.74, 6) is 0.606. The summed E-state index contributed by atoms with van der Waals surface area (Å²) in [5, 5.41) is 11.4. The zero-order valence-corrected chi connectivity index (χ0v) is 17.3. The Kier molecular flexibility index (Phi) is 4.92. The first kappa shape index (κ1) is 19.6. The number of aromatic hydroxyl groups is 1. The Balaban J connectivity index is 1.77. The zero-order valence-electron chi connectivity index (χ0n) is 17.3. The van der Waals surface area contributed by atoms with E-state index in [0.717, 1.165) is 22.4 Å². The van der Waals surface area contributed by atoms with Crippen LogP contribution >= 0.6 is 0 Å². The van der Waals surface area contributed by atoms with Crippen molar-refractivity contribution < 1.29 is 14.3 Å². The monoisotopic (exact) mass is 421 g/mol. The number of aromatic nitrogens is 1. The number of hydrogen-bond donors (Lipinski definition) is 1. The maximum atomic E-state index is 12.9. The smallest absolute Gasteiger partial charge is 0.349 e. The van der Waals surface area contributed by atoms with Gasteiger partial charge in [0.05, 0.1) is 23.9 Å². The molecule has 0 atom stereocenters. The molecular weight excluding hydrogens is 402 g/mol. The Morgan fingerprint density at radius 1 is 0.781 bits per heavy atom. The summed E-state index contributed by atoms with van der Waals surface area (Å²) in [4.78, 5) is 17.6. The summed E-state index contributed by atoms with van der Waals surface area (Å²) < 4.78 is 10.7. The molecule has 2 heterocycles. The molecule has 32 heavy (non-hydrogen) atoms. The first-order valence-corrected chi connectivity index (χ1v) is 10.1. The number of fused-ring (bicyclic) bond motifs is 1. The van der Waals surface area contributed by atoms with Crippen molar-refractivity contribution in [1.29, 1.82) is 0 Å². The van der Waals surface area contributed by atoms with E-state index in [-0.39, 0.29) is 11.3 Å². The first-order valence-electron chi connectivity index (χ1n) is 10.1. The summed E-state index contributed by atoms with van der Waals surface area (Å²) >= 11 is 0. The van der Waals surface area contributed by atoms with E-state index in [4.69, 9.17) is 14.1 Å². The SMILES string of the molecule is COc1ccc(-c2cc(-c3ccccc3)nc(-c3c(O)c4ccccc4oc3=O)c2)cc1. The van der Waals surface area contributed by atoms with Crippen molar-refractivity contribution in [2.24, 2.45) is 0 Å². The molecule has 156 valence electrons. The fourth-order valence-electron chi connectivity index (χ4n) is 3.72. The van der Waals surface area contributed by atoms with Crippen molar-refractivity contribution in [1.82, 2.24) is 4.98 Å². The molecular formula is C27H19NO4. The Bertz CT molecular complexity index is 1470. The highest BCUT2D eigenvalue weighted by molar-refractivity contribution is 5.90. The molecule has 0 aliphatic rings. The number of pyridine rings is 1. The number of benzene rings is 3. The minimum absolute atomic E-state index is 0.0382. The fourth-order valence-corrected chi connectivity index (χ4v) is 3.72. The second-order valence-corrected chi connectivity index (χ2v) is 7.33. The Morgan fingerprint density at radius 3 is 2.22 bits per heavy atom. The summed E-state index contributed by atoms with van der Waals surface area (Å²) in [6.45, 7) is 0. The van der Waals surface area contributed by atoms with Gasteiger partial charge in [0.2, 0.25) is 0 Å². The minimum Gasteiger partial charge on any atom is -0.506 e. The van der Waals surface area contributed by atoms with Crippen LogP contribution in [0.5, 0.6) is 11.5 Å². The van der Waals surface area contributed by atoms with Crippen LogP contribution in [0.25, 0.3) is 44.6 Å². The van der Waals surface area contributed by atoms with Crippen LogP contribution in [0.4, 0.5) is 0 Å². The molecule has 5 nitrogen and oxygen atoms in total. The number of nitrogens with zero attached hydrogens (tertiary/aromatic N) is 1. The molecule has 3 aromatic carbocycles. The molecule has 0 aliphatic carbocycles. The van der Waals surface area contributed by atoms with Crippen molar-refractivity contribution >= 4 is 11.0 Å². The van der Waals surface area contributed by atoms with E-state index >= 15 is 0 Å². The summed E-state index contributed by atoms with van der Waals surface area (Å²) in [5.41, 5.74) is 3.42. The van der Waals surface area contributed by atoms with Gasteiger partial charge in [-0.15, -0.1) is 0 Å². The average Bonchev–Trinajstić information content (AvgIpc) is 2.84. The normalized spacial score (nSPS) is 10.9. The maximum absolute atomic E-state index is 12.9. The number of para-hydroxylation sites is 1. The first-order chi connectivity index (χ1) is 15.6. The van der Waals surface area contributed by atoms with Crippen LogP contribution in [-0.4, -0.2) is 17.2 Å². The quantitative estimate of drug-likeness (QED) is 0.366. The van der Waals surface area contributed by atoms with E-state index in [9.17, 15) is 9.90 Å². The zero-order chi connectivity index (χ0) is 22.1. The molecule has 0 amide bonds. The summed E-state index contributed by atoms with van der Waals surface area (Å²) in [6, 6.07) is 28.0. The van der Waals surface area contributed by atoms with Gasteiger partial charge < -0.3 is 14.3 Å². The Labute approximate surface area is 184 Å². The maximum Gasteiger partial charge on any atom is 0.349 e. The summed E-state index contributed by atoms with van der Waals surface area (Å²) in [7, 11) is 1.62. The highest BCUT2D eigenvalue weighted by Crippen LogP contribution is 2.36. The molecule has 0 aliphatic heterocycles. The standard InChI is InChI=1S/C27H19NO4/c1-31-20-13-11-17(12-14-20)19-15-22(18-7-3-2-4-8-18)28-23(16-19)25-26(29)21-9-5-6-10-24(21)32-27(25)30/h2-16,29H,1H3. The van der Waals surface area contributed by atoms with Crippen LogP contribution in [-0.2, 0) is 0 Å². The van der Waals surface area contributed by atoms with Crippen molar-refractivity contribution in [3.05, 3.63) is 101 Å². The number of ether oxygens (including phenoxy) is 1. The number of rotatable bonds is 4. The topological polar surface area (TPSA) is 72.6 Å². The van der Waals surface area contributed by atoms with Crippen LogP contribution in [0.2, 0.25) is 0 Å². The summed E-state index contributed by atoms with van der Waals surface area (Å²) in [6.07, 6.45) is 0. The molecule has 5 aromatic rings. The number of methoxy groups -OCH3 is 1. The van der Waals surface area contributed by atoms with Gasteiger partial charge in [-0.05, 0) is 47.5 Å². The van der Waals surface area contributed by atoms with Crippen molar-refractivity contribution in [3.63, 3.8) is 0 Å². The van der Waals surface area contributed by atoms with E-state index in [1.807, 2.05) is 60.7 Å². The van der Waals surface area contributed by atoms with Crippen molar-refractivity contribution in [2.45, 2.75) is 0 Å². The molecule has 0 saturated heterocycles. The lowest BCUT2D eigenvalue weighted by Gasteiger charge is -2.11. The van der Waals surface area contributed by atoms with Gasteiger partial charge in [0.1, 0.15) is 22.6 Å². The molecule has 2 aromatic heterocycles. The number of hydrogen-bond acceptors (Lipinski definition) is 5. The van der Waals surface area contributed by atoms with E-state index < -0.39 is 5.63 Å². The third-order valence-electron chi connectivity index (χ3n) is 5.36. The predicted octanol–water partition coefficient (Wildman–Crippen LogP) is 5.90. The van der Waals surface area contributed by atoms with Crippen LogP contribution < -0.4 is 10.4 Å². The van der Waals surface area contributed by atoms with Crippen LogP contribution in [0.1, 0.15) is 0 Å². The molecule has 5 heteroatoms. The van der Waals surface area contributed by atoms with E-state index in [1.54, 1.807) is 37.4 Å². The molecule has 0 unspecified atom stereocenters. The van der Waals surface area contributed by atoms with Crippen LogP contribution in [0, 0.1) is 0 Å². The van der Waals surface area contributed by atoms with Crippen LogP contribution in [0.15, 0.2) is 100 Å². The van der Waals surface area contributed by atoms with Gasteiger partial charge in [-0.1, -0.05) is 54.6 Å². The molecule has 0 bridgehead atoms. The van der Waals surface area contributed by atoms with Gasteiger partial charge in [0.25, 0.3) is 0 Å². The fraction of sp³-hybridized carbons (Fsp3) is 0.0370. The van der Waals surface area contributed by atoms with Gasteiger partial charge in [-0.3, -0.25) is 0 Å². The molecule has 0 fully saturated rings. The second kappa shape index (κ2) is 8.04. The minimum atomic E-state index is -0.639. The molecule has 0 spiro atoms. The van der Waals surface area contributed by atoms with Crippen molar-refractivity contribution in [2.75, 3.05) is 7.11 Å².